The van der Waals surface area contributed by atoms with Gasteiger partial charge in [0.2, 0.25) is 0 Å². The second-order valence-corrected chi connectivity index (χ2v) is 3.07. The Hall–Kier alpha value is -0.830. The highest BCUT2D eigenvalue weighted by atomic mass is 16.3. The number of nitrogens with zero attached hydrogens (tertiary/aromatic N) is 1. The monoisotopic (exact) mass is 169 g/mol. The normalized spacial score (nSPS) is 20.2. The molecule has 0 aliphatic carbocycles. The molecule has 1 saturated heterocycles. The highest BCUT2D eigenvalue weighted by Gasteiger charge is 2.20. The van der Waals surface area contributed by atoms with E-state index in [0.29, 0.717) is 0 Å². The van der Waals surface area contributed by atoms with Crippen LogP contribution in [0.4, 0.5) is 0 Å². The van der Waals surface area contributed by atoms with Crippen LogP contribution in [-0.4, -0.2) is 35.1 Å². The molecular weight excluding hydrogens is 154 g/mol. The van der Waals surface area contributed by atoms with Crippen LogP contribution in [0.2, 0.25) is 0 Å². The van der Waals surface area contributed by atoms with E-state index in [9.17, 15) is 4.79 Å². The molecule has 1 heterocycles. The molecular formula is C9H15NO2. The van der Waals surface area contributed by atoms with Gasteiger partial charge >= 0.3 is 0 Å². The van der Waals surface area contributed by atoms with E-state index < -0.39 is 6.10 Å². The minimum absolute atomic E-state index is 0.204. The molecule has 1 atom stereocenters. The van der Waals surface area contributed by atoms with E-state index >= 15 is 0 Å². The first-order chi connectivity index (χ1) is 5.75. The van der Waals surface area contributed by atoms with Crippen LogP contribution in [0.25, 0.3) is 0 Å². The standard InChI is InChI=1S/C9H15NO2/c1-2-8(11)9(12)10-6-4-3-5-7-10/h2,8,11H,1,3-7H2. The second kappa shape index (κ2) is 4.26. The van der Waals surface area contributed by atoms with Crippen molar-refractivity contribution in [1.82, 2.24) is 4.90 Å². The van der Waals surface area contributed by atoms with Crippen molar-refractivity contribution in [1.29, 1.82) is 0 Å². The van der Waals surface area contributed by atoms with Gasteiger partial charge in [-0.15, -0.1) is 0 Å². The van der Waals surface area contributed by atoms with Crippen molar-refractivity contribution in [3.05, 3.63) is 12.7 Å². The molecule has 12 heavy (non-hydrogen) atoms. The van der Waals surface area contributed by atoms with Gasteiger partial charge in [0.1, 0.15) is 0 Å². The summed E-state index contributed by atoms with van der Waals surface area (Å²) in [6.45, 7) is 4.94. The lowest BCUT2D eigenvalue weighted by Gasteiger charge is -2.27. The number of rotatable bonds is 2. The van der Waals surface area contributed by atoms with Gasteiger partial charge in [0.15, 0.2) is 6.10 Å². The average molecular weight is 169 g/mol. The van der Waals surface area contributed by atoms with Gasteiger partial charge in [0, 0.05) is 13.1 Å². The fraction of sp³-hybridized carbons (Fsp3) is 0.667. The summed E-state index contributed by atoms with van der Waals surface area (Å²) in [5.74, 6) is -0.204. The molecule has 1 N–H and O–H groups in total. The van der Waals surface area contributed by atoms with Gasteiger partial charge in [-0.25, -0.2) is 0 Å². The van der Waals surface area contributed by atoms with Crippen molar-refractivity contribution < 1.29 is 9.90 Å². The fourth-order valence-electron chi connectivity index (χ4n) is 1.40. The molecule has 1 rings (SSSR count). The van der Waals surface area contributed by atoms with Gasteiger partial charge in [0.05, 0.1) is 0 Å². The summed E-state index contributed by atoms with van der Waals surface area (Å²) in [5.41, 5.74) is 0. The number of carbonyl (C=O) groups is 1. The molecule has 1 unspecified atom stereocenters. The van der Waals surface area contributed by atoms with Crippen molar-refractivity contribution in [2.45, 2.75) is 25.4 Å². The summed E-state index contributed by atoms with van der Waals surface area (Å²) in [7, 11) is 0. The number of carbonyl (C=O) groups excluding carboxylic acids is 1. The Morgan fingerprint density at radius 2 is 2.00 bits per heavy atom. The Morgan fingerprint density at radius 3 is 2.50 bits per heavy atom. The van der Waals surface area contributed by atoms with Gasteiger partial charge in [-0.1, -0.05) is 12.7 Å². The molecule has 0 radical (unpaired) electrons. The van der Waals surface area contributed by atoms with E-state index in [2.05, 4.69) is 6.58 Å². The first kappa shape index (κ1) is 9.26. The maximum absolute atomic E-state index is 11.3. The number of aliphatic hydroxyl groups is 1. The predicted octanol–water partition coefficient (Wildman–Crippen LogP) is 0.546. The molecule has 1 amide bonds. The Morgan fingerprint density at radius 1 is 1.42 bits per heavy atom. The molecule has 1 fully saturated rings. The Labute approximate surface area is 72.7 Å². The third-order valence-electron chi connectivity index (χ3n) is 2.14. The average Bonchev–Trinajstić information content (AvgIpc) is 2.17. The van der Waals surface area contributed by atoms with E-state index in [4.69, 9.17) is 5.11 Å². The van der Waals surface area contributed by atoms with Crippen LogP contribution in [0, 0.1) is 0 Å². The maximum Gasteiger partial charge on any atom is 0.255 e. The Kier molecular flexibility index (Phi) is 3.29. The maximum atomic E-state index is 11.3. The molecule has 0 spiro atoms. The second-order valence-electron chi connectivity index (χ2n) is 3.07. The van der Waals surface area contributed by atoms with Crippen LogP contribution in [0.5, 0.6) is 0 Å². The first-order valence-corrected chi connectivity index (χ1v) is 4.35. The fourth-order valence-corrected chi connectivity index (χ4v) is 1.40. The van der Waals surface area contributed by atoms with Crippen molar-refractivity contribution >= 4 is 5.91 Å². The number of hydrogen-bond donors (Lipinski definition) is 1. The molecule has 0 aromatic rings. The molecule has 0 aromatic heterocycles. The third-order valence-corrected chi connectivity index (χ3v) is 2.14. The smallest absolute Gasteiger partial charge is 0.255 e. The molecule has 0 bridgehead atoms. The lowest BCUT2D eigenvalue weighted by molar-refractivity contribution is -0.138. The highest BCUT2D eigenvalue weighted by Crippen LogP contribution is 2.09. The summed E-state index contributed by atoms with van der Waals surface area (Å²) in [5, 5.41) is 9.17. The first-order valence-electron chi connectivity index (χ1n) is 4.35. The molecule has 3 nitrogen and oxygen atoms in total. The van der Waals surface area contributed by atoms with Gasteiger partial charge < -0.3 is 10.0 Å². The third kappa shape index (κ3) is 2.08. The van der Waals surface area contributed by atoms with Gasteiger partial charge in [-0.3, -0.25) is 4.79 Å². The minimum atomic E-state index is -1.01. The van der Waals surface area contributed by atoms with Crippen molar-refractivity contribution in [2.24, 2.45) is 0 Å². The summed E-state index contributed by atoms with van der Waals surface area (Å²) >= 11 is 0. The summed E-state index contributed by atoms with van der Waals surface area (Å²) in [6, 6.07) is 0. The lowest BCUT2D eigenvalue weighted by atomic mass is 10.1. The van der Waals surface area contributed by atoms with E-state index in [-0.39, 0.29) is 5.91 Å². The number of aliphatic hydroxyl groups excluding tert-OH is 1. The quantitative estimate of drug-likeness (QED) is 0.613. The topological polar surface area (TPSA) is 40.5 Å². The minimum Gasteiger partial charge on any atom is -0.379 e. The van der Waals surface area contributed by atoms with E-state index in [1.54, 1.807) is 4.90 Å². The van der Waals surface area contributed by atoms with Crippen molar-refractivity contribution in [2.75, 3.05) is 13.1 Å². The molecule has 3 heteroatoms. The zero-order valence-electron chi connectivity index (χ0n) is 7.20. The van der Waals surface area contributed by atoms with Crippen LogP contribution in [0.15, 0.2) is 12.7 Å². The van der Waals surface area contributed by atoms with Crippen LogP contribution in [-0.2, 0) is 4.79 Å². The van der Waals surface area contributed by atoms with Crippen LogP contribution >= 0.6 is 0 Å². The predicted molar refractivity (Wildman–Crippen MR) is 46.6 cm³/mol. The van der Waals surface area contributed by atoms with Crippen LogP contribution < -0.4 is 0 Å². The van der Waals surface area contributed by atoms with Gasteiger partial charge in [-0.2, -0.15) is 0 Å². The zero-order chi connectivity index (χ0) is 8.97. The van der Waals surface area contributed by atoms with E-state index in [0.717, 1.165) is 25.9 Å². The lowest BCUT2D eigenvalue weighted by Crippen LogP contribution is -2.41. The summed E-state index contributed by atoms with van der Waals surface area (Å²) in [4.78, 5) is 13.0. The Balaban J connectivity index is 2.44. The van der Waals surface area contributed by atoms with Crippen molar-refractivity contribution in [3.8, 4) is 0 Å². The molecule has 0 saturated carbocycles. The van der Waals surface area contributed by atoms with E-state index in [1.165, 1.54) is 12.5 Å². The molecule has 68 valence electrons. The molecule has 1 aliphatic heterocycles. The largest absolute Gasteiger partial charge is 0.379 e. The zero-order valence-corrected chi connectivity index (χ0v) is 7.20. The highest BCUT2D eigenvalue weighted by molar-refractivity contribution is 5.82. The van der Waals surface area contributed by atoms with Crippen molar-refractivity contribution in [3.63, 3.8) is 0 Å². The van der Waals surface area contributed by atoms with Crippen LogP contribution in [0.3, 0.4) is 0 Å². The summed E-state index contributed by atoms with van der Waals surface area (Å²) < 4.78 is 0. The number of amides is 1. The summed E-state index contributed by atoms with van der Waals surface area (Å²) in [6.07, 6.45) is 3.55. The van der Waals surface area contributed by atoms with Crippen LogP contribution in [0.1, 0.15) is 19.3 Å². The molecule has 0 aromatic carbocycles. The SMILES string of the molecule is C=CC(O)C(=O)N1CCCCC1. The van der Waals surface area contributed by atoms with E-state index in [1.807, 2.05) is 0 Å². The number of hydrogen-bond acceptors (Lipinski definition) is 2. The molecule has 1 aliphatic rings. The van der Waals surface area contributed by atoms with Gasteiger partial charge in [-0.05, 0) is 19.3 Å². The number of piperidine rings is 1. The Bertz CT molecular complexity index is 173. The van der Waals surface area contributed by atoms with Gasteiger partial charge in [0.25, 0.3) is 5.91 Å². The number of likely N-dealkylation sites (tertiary alicyclic amines) is 1.